The van der Waals surface area contributed by atoms with Crippen LogP contribution in [0.2, 0.25) is 0 Å². The molecule has 2 heterocycles. The molecule has 0 aliphatic carbocycles. The van der Waals surface area contributed by atoms with E-state index in [-0.39, 0.29) is 5.91 Å². The van der Waals surface area contributed by atoms with Gasteiger partial charge in [-0.15, -0.1) is 0 Å². The zero-order valence-electron chi connectivity index (χ0n) is 13.8. The number of aromatic nitrogens is 1. The number of rotatable bonds is 7. The molecule has 6 heteroatoms. The number of nitrogens with zero attached hydrogens (tertiary/aromatic N) is 1. The summed E-state index contributed by atoms with van der Waals surface area (Å²) < 4.78 is 15.7. The van der Waals surface area contributed by atoms with Gasteiger partial charge in [-0.2, -0.15) is 0 Å². The summed E-state index contributed by atoms with van der Waals surface area (Å²) in [6, 6.07) is 11.0. The largest absolute Gasteiger partial charge is 0.497 e. The lowest BCUT2D eigenvalue weighted by Crippen LogP contribution is -2.23. The Morgan fingerprint density at radius 3 is 2.80 bits per heavy atom. The van der Waals surface area contributed by atoms with Gasteiger partial charge in [0, 0.05) is 24.6 Å². The van der Waals surface area contributed by atoms with Crippen LogP contribution in [0.5, 0.6) is 5.75 Å². The summed E-state index contributed by atoms with van der Waals surface area (Å²) in [7, 11) is 1.62. The highest BCUT2D eigenvalue weighted by molar-refractivity contribution is 5.91. The van der Waals surface area contributed by atoms with Crippen molar-refractivity contribution in [2.24, 2.45) is 0 Å². The zero-order chi connectivity index (χ0) is 17.5. The second kappa shape index (κ2) is 8.01. The molecule has 0 unspecified atom stereocenters. The maximum atomic E-state index is 11.7. The Kier molecular flexibility index (Phi) is 5.31. The fraction of sp³-hybridized carbons (Fsp3) is 0.158. The fourth-order valence-corrected chi connectivity index (χ4v) is 2.20. The smallest absolute Gasteiger partial charge is 0.244 e. The number of ether oxygens (including phenoxy) is 1. The lowest BCUT2D eigenvalue weighted by Gasteiger charge is -2.00. The molecule has 0 saturated carbocycles. The molecule has 0 saturated heterocycles. The standard InChI is InChI=1S/C19H18N2O4/c1-23-16-6-4-14(5-7-16)19-21-15(13-25-19)10-11-20-18(22)9-8-17-3-2-12-24-17/h2-9,12-13H,10-11H2,1H3,(H,20,22). The van der Waals surface area contributed by atoms with Crippen molar-refractivity contribution in [3.05, 3.63) is 66.5 Å². The van der Waals surface area contributed by atoms with E-state index in [1.54, 1.807) is 37.8 Å². The summed E-state index contributed by atoms with van der Waals surface area (Å²) in [4.78, 5) is 16.1. The first-order valence-electron chi connectivity index (χ1n) is 7.83. The molecule has 0 bridgehead atoms. The number of carbonyl (C=O) groups excluding carboxylic acids is 1. The van der Waals surface area contributed by atoms with Gasteiger partial charge in [-0.3, -0.25) is 4.79 Å². The summed E-state index contributed by atoms with van der Waals surface area (Å²) in [5.74, 6) is 1.77. The Morgan fingerprint density at radius 1 is 1.24 bits per heavy atom. The van der Waals surface area contributed by atoms with E-state index in [1.807, 2.05) is 24.3 Å². The van der Waals surface area contributed by atoms with Crippen molar-refractivity contribution < 1.29 is 18.4 Å². The summed E-state index contributed by atoms with van der Waals surface area (Å²) >= 11 is 0. The molecule has 0 radical (unpaired) electrons. The molecular formula is C19H18N2O4. The van der Waals surface area contributed by atoms with Crippen LogP contribution in [-0.2, 0) is 11.2 Å². The van der Waals surface area contributed by atoms with E-state index in [0.717, 1.165) is 17.0 Å². The van der Waals surface area contributed by atoms with E-state index in [2.05, 4.69) is 10.3 Å². The highest BCUT2D eigenvalue weighted by Gasteiger charge is 2.07. The molecular weight excluding hydrogens is 320 g/mol. The van der Waals surface area contributed by atoms with Gasteiger partial charge in [-0.1, -0.05) is 0 Å². The number of amides is 1. The second-order valence-electron chi connectivity index (χ2n) is 5.26. The molecule has 1 N–H and O–H groups in total. The number of oxazole rings is 1. The molecule has 0 aliphatic heterocycles. The molecule has 0 fully saturated rings. The van der Waals surface area contributed by atoms with Crippen LogP contribution < -0.4 is 10.1 Å². The highest BCUT2D eigenvalue weighted by atomic mass is 16.5. The predicted molar refractivity (Wildman–Crippen MR) is 92.9 cm³/mol. The first-order valence-corrected chi connectivity index (χ1v) is 7.83. The van der Waals surface area contributed by atoms with Crippen LogP contribution >= 0.6 is 0 Å². The monoisotopic (exact) mass is 338 g/mol. The number of hydrogen-bond acceptors (Lipinski definition) is 5. The van der Waals surface area contributed by atoms with Crippen LogP contribution in [-0.4, -0.2) is 24.5 Å². The van der Waals surface area contributed by atoms with Crippen LogP contribution in [0.3, 0.4) is 0 Å². The molecule has 3 rings (SSSR count). The zero-order valence-corrected chi connectivity index (χ0v) is 13.8. The Bertz CT molecular complexity index is 833. The molecule has 0 aliphatic rings. The van der Waals surface area contributed by atoms with Gasteiger partial charge >= 0.3 is 0 Å². The molecule has 1 aromatic carbocycles. The van der Waals surface area contributed by atoms with Crippen molar-refractivity contribution in [1.29, 1.82) is 0 Å². The molecule has 128 valence electrons. The van der Waals surface area contributed by atoms with Crippen LogP contribution in [0.25, 0.3) is 17.5 Å². The molecule has 1 amide bonds. The van der Waals surface area contributed by atoms with Gasteiger partial charge < -0.3 is 18.9 Å². The number of hydrogen-bond donors (Lipinski definition) is 1. The first-order chi connectivity index (χ1) is 12.2. The number of furan rings is 1. The number of nitrogens with one attached hydrogen (secondary N) is 1. The SMILES string of the molecule is COc1ccc(-c2nc(CCNC(=O)C=Cc3ccco3)co2)cc1. The van der Waals surface area contributed by atoms with E-state index in [1.165, 1.54) is 6.08 Å². The van der Waals surface area contributed by atoms with Gasteiger partial charge in [0.25, 0.3) is 0 Å². The molecule has 25 heavy (non-hydrogen) atoms. The van der Waals surface area contributed by atoms with Crippen molar-refractivity contribution in [2.45, 2.75) is 6.42 Å². The Hall–Kier alpha value is -3.28. The maximum absolute atomic E-state index is 11.7. The lowest BCUT2D eigenvalue weighted by molar-refractivity contribution is -0.116. The van der Waals surface area contributed by atoms with Gasteiger partial charge in [0.15, 0.2) is 0 Å². The molecule has 0 atom stereocenters. The second-order valence-corrected chi connectivity index (χ2v) is 5.26. The summed E-state index contributed by atoms with van der Waals surface area (Å²) in [5, 5.41) is 2.79. The Morgan fingerprint density at radius 2 is 2.08 bits per heavy atom. The number of benzene rings is 1. The third-order valence-electron chi connectivity index (χ3n) is 3.51. The van der Waals surface area contributed by atoms with Crippen molar-refractivity contribution >= 4 is 12.0 Å². The normalized spacial score (nSPS) is 10.9. The first kappa shape index (κ1) is 16.6. The third kappa shape index (κ3) is 4.60. The maximum Gasteiger partial charge on any atom is 0.244 e. The quantitative estimate of drug-likeness (QED) is 0.669. The van der Waals surface area contributed by atoms with Crippen LogP contribution in [0.1, 0.15) is 11.5 Å². The molecule has 6 nitrogen and oxygen atoms in total. The van der Waals surface area contributed by atoms with Crippen LogP contribution in [0.15, 0.2) is 63.8 Å². The van der Waals surface area contributed by atoms with Crippen LogP contribution in [0.4, 0.5) is 0 Å². The van der Waals surface area contributed by atoms with Crippen molar-refractivity contribution in [3.8, 4) is 17.2 Å². The molecule has 3 aromatic rings. The van der Waals surface area contributed by atoms with Gasteiger partial charge in [0.1, 0.15) is 17.8 Å². The van der Waals surface area contributed by atoms with E-state index >= 15 is 0 Å². The van der Waals surface area contributed by atoms with Gasteiger partial charge in [0.2, 0.25) is 11.8 Å². The van der Waals surface area contributed by atoms with Gasteiger partial charge in [-0.25, -0.2) is 4.98 Å². The third-order valence-corrected chi connectivity index (χ3v) is 3.51. The van der Waals surface area contributed by atoms with Gasteiger partial charge in [-0.05, 0) is 42.5 Å². The van der Waals surface area contributed by atoms with Crippen molar-refractivity contribution in [3.63, 3.8) is 0 Å². The number of carbonyl (C=O) groups is 1. The molecule has 2 aromatic heterocycles. The number of methoxy groups -OCH3 is 1. The minimum absolute atomic E-state index is 0.185. The van der Waals surface area contributed by atoms with Crippen molar-refractivity contribution in [1.82, 2.24) is 10.3 Å². The lowest BCUT2D eigenvalue weighted by atomic mass is 10.2. The fourth-order valence-electron chi connectivity index (χ4n) is 2.20. The Labute approximate surface area is 145 Å². The van der Waals surface area contributed by atoms with E-state index in [9.17, 15) is 4.79 Å². The minimum Gasteiger partial charge on any atom is -0.497 e. The average molecular weight is 338 g/mol. The van der Waals surface area contributed by atoms with E-state index in [0.29, 0.717) is 24.6 Å². The topological polar surface area (TPSA) is 77.5 Å². The van der Waals surface area contributed by atoms with Crippen molar-refractivity contribution in [2.75, 3.05) is 13.7 Å². The molecule has 0 spiro atoms. The summed E-state index contributed by atoms with van der Waals surface area (Å²) in [6.07, 6.45) is 6.80. The summed E-state index contributed by atoms with van der Waals surface area (Å²) in [5.41, 5.74) is 1.65. The van der Waals surface area contributed by atoms with Crippen LogP contribution in [0, 0.1) is 0 Å². The van der Waals surface area contributed by atoms with Gasteiger partial charge in [0.05, 0.1) is 19.1 Å². The van der Waals surface area contributed by atoms with E-state index in [4.69, 9.17) is 13.6 Å². The van der Waals surface area contributed by atoms with E-state index < -0.39 is 0 Å². The average Bonchev–Trinajstić information content (AvgIpc) is 3.32. The summed E-state index contributed by atoms with van der Waals surface area (Å²) in [6.45, 7) is 0.468. The predicted octanol–water partition coefficient (Wildman–Crippen LogP) is 3.32. The Balaban J connectivity index is 1.49. The minimum atomic E-state index is -0.185. The highest BCUT2D eigenvalue weighted by Crippen LogP contribution is 2.21.